The average molecular weight is 404 g/mol. The molecule has 0 unspecified atom stereocenters. The number of piperidine rings is 1. The minimum atomic E-state index is -0.494. The summed E-state index contributed by atoms with van der Waals surface area (Å²) < 4.78 is 15.9. The van der Waals surface area contributed by atoms with Gasteiger partial charge in [-0.1, -0.05) is 12.1 Å². The molecule has 1 aliphatic rings. The minimum Gasteiger partial charge on any atom is -0.320 e. The number of imidazole rings is 1. The van der Waals surface area contributed by atoms with Gasteiger partial charge >= 0.3 is 0 Å². The molecule has 152 valence electrons. The van der Waals surface area contributed by atoms with Crippen molar-refractivity contribution in [2.45, 2.75) is 25.7 Å². The number of carbonyl (C=O) groups excluding carboxylic acids is 1. The van der Waals surface area contributed by atoms with Crippen molar-refractivity contribution >= 4 is 28.1 Å². The van der Waals surface area contributed by atoms with Crippen LogP contribution >= 0.6 is 0 Å². The van der Waals surface area contributed by atoms with Crippen LogP contribution in [0.3, 0.4) is 0 Å². The average Bonchev–Trinajstić information content (AvgIpc) is 3.14. The van der Waals surface area contributed by atoms with Gasteiger partial charge in [-0.25, -0.2) is 9.37 Å². The van der Waals surface area contributed by atoms with Crippen molar-refractivity contribution in [2.24, 2.45) is 0 Å². The van der Waals surface area contributed by atoms with Gasteiger partial charge in [-0.05, 0) is 50.4 Å². The fourth-order valence-corrected chi connectivity index (χ4v) is 4.19. The number of pyridine rings is 1. The molecule has 8 heteroatoms. The molecule has 4 aromatic rings. The summed E-state index contributed by atoms with van der Waals surface area (Å²) in [5.41, 5.74) is 3.38. The fourth-order valence-electron chi connectivity index (χ4n) is 4.19. The number of fused-ring (bicyclic) bond motifs is 2. The Morgan fingerprint density at radius 2 is 2.10 bits per heavy atom. The Bertz CT molecular complexity index is 1260. The van der Waals surface area contributed by atoms with Crippen LogP contribution in [0.2, 0.25) is 0 Å². The monoisotopic (exact) mass is 404 g/mol. The smallest absolute Gasteiger partial charge is 0.257 e. The summed E-state index contributed by atoms with van der Waals surface area (Å²) in [6, 6.07) is 6.83. The maximum absolute atomic E-state index is 14.4. The number of hydrogen-bond acceptors (Lipinski definition) is 5. The molecule has 5 rings (SSSR count). The molecular weight excluding hydrogens is 383 g/mol. The van der Waals surface area contributed by atoms with Crippen LogP contribution in [0.25, 0.3) is 16.6 Å². The third-order valence-corrected chi connectivity index (χ3v) is 5.61. The molecule has 1 amide bonds. The molecule has 1 saturated heterocycles. The maximum atomic E-state index is 14.4. The molecule has 1 fully saturated rings. The highest BCUT2D eigenvalue weighted by Crippen LogP contribution is 2.31. The van der Waals surface area contributed by atoms with Crippen LogP contribution in [0, 0.1) is 12.7 Å². The molecule has 0 bridgehead atoms. The molecule has 0 aliphatic carbocycles. The van der Waals surface area contributed by atoms with Crippen molar-refractivity contribution in [3.8, 4) is 0 Å². The third-order valence-electron chi connectivity index (χ3n) is 5.61. The van der Waals surface area contributed by atoms with E-state index in [0.29, 0.717) is 28.4 Å². The number of rotatable bonds is 3. The van der Waals surface area contributed by atoms with Gasteiger partial charge in [0.1, 0.15) is 5.52 Å². The lowest BCUT2D eigenvalue weighted by Crippen LogP contribution is -2.26. The Labute approximate surface area is 172 Å². The molecule has 30 heavy (non-hydrogen) atoms. The van der Waals surface area contributed by atoms with E-state index in [9.17, 15) is 9.18 Å². The van der Waals surface area contributed by atoms with Crippen LogP contribution in [0.4, 0.5) is 10.1 Å². The quantitative estimate of drug-likeness (QED) is 0.546. The third kappa shape index (κ3) is 3.29. The Morgan fingerprint density at radius 1 is 1.27 bits per heavy atom. The van der Waals surface area contributed by atoms with Crippen LogP contribution in [-0.4, -0.2) is 38.6 Å². The summed E-state index contributed by atoms with van der Waals surface area (Å²) >= 11 is 0. The van der Waals surface area contributed by atoms with Crippen LogP contribution in [0.5, 0.6) is 0 Å². The van der Waals surface area contributed by atoms with Gasteiger partial charge in [-0.15, -0.1) is 5.10 Å². The van der Waals surface area contributed by atoms with Gasteiger partial charge < -0.3 is 15.0 Å². The van der Waals surface area contributed by atoms with Crippen LogP contribution in [0.1, 0.15) is 40.4 Å². The van der Waals surface area contributed by atoms with Crippen molar-refractivity contribution in [2.75, 3.05) is 18.4 Å². The van der Waals surface area contributed by atoms with Gasteiger partial charge in [-0.2, -0.15) is 5.10 Å². The maximum Gasteiger partial charge on any atom is 0.257 e. The predicted molar refractivity (Wildman–Crippen MR) is 112 cm³/mol. The van der Waals surface area contributed by atoms with Crippen molar-refractivity contribution in [3.63, 3.8) is 0 Å². The molecular formula is C22H21FN6O. The molecule has 7 nitrogen and oxygen atoms in total. The second kappa shape index (κ2) is 7.46. The molecule has 3 aromatic heterocycles. The summed E-state index contributed by atoms with van der Waals surface area (Å²) in [7, 11) is 0. The van der Waals surface area contributed by atoms with E-state index in [1.165, 1.54) is 6.07 Å². The highest BCUT2D eigenvalue weighted by molar-refractivity contribution is 6.12. The van der Waals surface area contributed by atoms with Gasteiger partial charge in [0.25, 0.3) is 5.91 Å². The van der Waals surface area contributed by atoms with Gasteiger partial charge in [0.2, 0.25) is 0 Å². The molecule has 1 aliphatic heterocycles. The molecule has 0 saturated carbocycles. The zero-order valence-corrected chi connectivity index (χ0v) is 16.5. The van der Waals surface area contributed by atoms with E-state index in [1.807, 2.05) is 18.3 Å². The van der Waals surface area contributed by atoms with Crippen LogP contribution in [-0.2, 0) is 0 Å². The standard InChI is InChI=1S/C22H21FN6O/c1-13-11-29-12-15(9-19(23)21(29)26-13)27-22(30)17-4-2-3-16-18(10-25-28-20(16)17)14-5-7-24-8-6-14/h2-4,9-12,14,24H,5-8H2,1H3,(H,27,30). The van der Waals surface area contributed by atoms with Crippen LogP contribution < -0.4 is 10.6 Å². The second-order valence-corrected chi connectivity index (χ2v) is 7.67. The summed E-state index contributed by atoms with van der Waals surface area (Å²) in [6.45, 7) is 3.73. The number of carbonyl (C=O) groups is 1. The van der Waals surface area contributed by atoms with E-state index < -0.39 is 5.82 Å². The zero-order valence-electron chi connectivity index (χ0n) is 16.5. The van der Waals surface area contributed by atoms with E-state index in [2.05, 4.69) is 25.8 Å². The molecule has 4 heterocycles. The molecule has 0 spiro atoms. The van der Waals surface area contributed by atoms with Crippen molar-refractivity contribution in [3.05, 3.63) is 65.5 Å². The van der Waals surface area contributed by atoms with E-state index in [-0.39, 0.29) is 11.6 Å². The lowest BCUT2D eigenvalue weighted by molar-refractivity contribution is 0.102. The Kier molecular flexibility index (Phi) is 4.63. The second-order valence-electron chi connectivity index (χ2n) is 7.67. The first-order chi connectivity index (χ1) is 14.6. The molecule has 2 N–H and O–H groups in total. The SMILES string of the molecule is Cc1cn2cc(NC(=O)c3cccc4c(C5CCNCC5)cnnc34)cc(F)c2n1. The first kappa shape index (κ1) is 18.6. The van der Waals surface area contributed by atoms with Gasteiger partial charge in [0.15, 0.2) is 11.5 Å². The predicted octanol–water partition coefficient (Wildman–Crippen LogP) is 3.44. The van der Waals surface area contributed by atoms with Crippen molar-refractivity contribution in [1.82, 2.24) is 24.9 Å². The number of benzene rings is 1. The number of anilines is 1. The normalized spacial score (nSPS) is 15.0. The first-order valence-electron chi connectivity index (χ1n) is 10.0. The minimum absolute atomic E-state index is 0.230. The number of halogens is 1. The van der Waals surface area contributed by atoms with Gasteiger partial charge in [0.05, 0.1) is 23.1 Å². The Morgan fingerprint density at radius 3 is 2.93 bits per heavy atom. The number of nitrogens with one attached hydrogen (secondary N) is 2. The lowest BCUT2D eigenvalue weighted by Gasteiger charge is -2.23. The summed E-state index contributed by atoms with van der Waals surface area (Å²) in [6.07, 6.45) is 7.22. The number of nitrogens with zero attached hydrogens (tertiary/aromatic N) is 4. The van der Waals surface area contributed by atoms with Crippen molar-refractivity contribution < 1.29 is 9.18 Å². The lowest BCUT2D eigenvalue weighted by atomic mass is 9.88. The topological polar surface area (TPSA) is 84.2 Å². The highest BCUT2D eigenvalue weighted by atomic mass is 19.1. The van der Waals surface area contributed by atoms with E-state index in [0.717, 1.165) is 36.9 Å². The number of aromatic nitrogens is 4. The summed E-state index contributed by atoms with van der Waals surface area (Å²) in [4.78, 5) is 17.2. The number of aryl methyl sites for hydroxylation is 1. The summed E-state index contributed by atoms with van der Waals surface area (Å²) in [5, 5.41) is 15.5. The highest BCUT2D eigenvalue weighted by Gasteiger charge is 2.21. The molecule has 0 atom stereocenters. The van der Waals surface area contributed by atoms with E-state index >= 15 is 0 Å². The van der Waals surface area contributed by atoms with E-state index in [4.69, 9.17) is 0 Å². The molecule has 0 radical (unpaired) electrons. The Balaban J connectivity index is 1.51. The first-order valence-corrected chi connectivity index (χ1v) is 10.0. The van der Waals surface area contributed by atoms with Gasteiger partial charge in [0, 0.05) is 23.8 Å². The zero-order chi connectivity index (χ0) is 20.7. The number of amides is 1. The van der Waals surface area contributed by atoms with Crippen molar-refractivity contribution in [1.29, 1.82) is 0 Å². The largest absolute Gasteiger partial charge is 0.320 e. The summed E-state index contributed by atoms with van der Waals surface area (Å²) in [5.74, 6) is -0.455. The Hall–Kier alpha value is -3.39. The fraction of sp³-hybridized carbons (Fsp3) is 0.273. The van der Waals surface area contributed by atoms with E-state index in [1.54, 1.807) is 29.8 Å². The van der Waals surface area contributed by atoms with Crippen LogP contribution in [0.15, 0.2) is 42.9 Å². The van der Waals surface area contributed by atoms with Gasteiger partial charge in [-0.3, -0.25) is 4.79 Å². The number of hydrogen-bond donors (Lipinski definition) is 2. The molecule has 1 aromatic carbocycles.